The van der Waals surface area contributed by atoms with Crippen molar-refractivity contribution in [3.63, 3.8) is 0 Å². The third-order valence-corrected chi connectivity index (χ3v) is 5.14. The molecule has 34 heavy (non-hydrogen) atoms. The predicted octanol–water partition coefficient (Wildman–Crippen LogP) is 6.03. The Morgan fingerprint density at radius 1 is 1.15 bits per heavy atom. The SMILES string of the molecule is COc1ccc(NC(=O)/C(C#N)=C/c2ccc(OCc3ccc(Cl)cc3)c(Cl)c2)c([N+](=O)[O-])c1. The summed E-state index contributed by atoms with van der Waals surface area (Å²) in [6.07, 6.45) is 1.32. The van der Waals surface area contributed by atoms with Crippen LogP contribution in [0.4, 0.5) is 11.4 Å². The highest BCUT2D eigenvalue weighted by molar-refractivity contribution is 6.32. The third-order valence-electron chi connectivity index (χ3n) is 4.59. The molecule has 0 atom stereocenters. The number of nitrogens with zero attached hydrogens (tertiary/aromatic N) is 2. The van der Waals surface area contributed by atoms with Crippen molar-refractivity contribution in [2.75, 3.05) is 12.4 Å². The average molecular weight is 498 g/mol. The minimum atomic E-state index is -0.810. The fourth-order valence-corrected chi connectivity index (χ4v) is 3.24. The number of nitriles is 1. The van der Waals surface area contributed by atoms with Gasteiger partial charge in [0.05, 0.1) is 23.1 Å². The molecule has 1 N–H and O–H groups in total. The Kier molecular flexibility index (Phi) is 8.09. The van der Waals surface area contributed by atoms with Gasteiger partial charge in [-0.2, -0.15) is 5.26 Å². The molecule has 0 aromatic heterocycles. The number of amides is 1. The standard InChI is InChI=1S/C24H17Cl2N3O5/c1-33-19-7-8-21(22(12-19)29(31)32)28-24(30)17(13-27)10-16-4-9-23(20(26)11-16)34-14-15-2-5-18(25)6-3-15/h2-12H,14H2,1H3,(H,28,30)/b17-10+. The first-order valence-corrected chi connectivity index (χ1v) is 10.5. The minimum Gasteiger partial charge on any atom is -0.496 e. The lowest BCUT2D eigenvalue weighted by atomic mass is 10.1. The molecule has 0 aliphatic heterocycles. The number of nitrogens with one attached hydrogen (secondary N) is 1. The number of carbonyl (C=O) groups is 1. The Bertz CT molecular complexity index is 1300. The van der Waals surface area contributed by atoms with Gasteiger partial charge in [-0.15, -0.1) is 0 Å². The monoisotopic (exact) mass is 497 g/mol. The maximum atomic E-state index is 12.6. The fourth-order valence-electron chi connectivity index (χ4n) is 2.87. The van der Waals surface area contributed by atoms with Crippen molar-refractivity contribution in [1.82, 2.24) is 0 Å². The fraction of sp³-hybridized carbons (Fsp3) is 0.0833. The molecule has 0 saturated heterocycles. The van der Waals surface area contributed by atoms with Crippen LogP contribution < -0.4 is 14.8 Å². The van der Waals surface area contributed by atoms with E-state index < -0.39 is 10.8 Å². The van der Waals surface area contributed by atoms with Crippen LogP contribution in [0.2, 0.25) is 10.0 Å². The van der Waals surface area contributed by atoms with Crippen LogP contribution >= 0.6 is 23.2 Å². The number of carbonyl (C=O) groups excluding carboxylic acids is 1. The topological polar surface area (TPSA) is 114 Å². The summed E-state index contributed by atoms with van der Waals surface area (Å²) in [7, 11) is 1.37. The smallest absolute Gasteiger partial charge is 0.296 e. The number of hydrogen-bond acceptors (Lipinski definition) is 6. The second kappa shape index (κ2) is 11.2. The molecule has 3 rings (SSSR count). The molecule has 3 aromatic rings. The summed E-state index contributed by atoms with van der Waals surface area (Å²) in [4.78, 5) is 23.3. The number of benzene rings is 3. The summed E-state index contributed by atoms with van der Waals surface area (Å²) < 4.78 is 10.7. The van der Waals surface area contributed by atoms with Gasteiger partial charge in [0.25, 0.3) is 11.6 Å². The highest BCUT2D eigenvalue weighted by Crippen LogP contribution is 2.30. The summed E-state index contributed by atoms with van der Waals surface area (Å²) >= 11 is 12.2. The van der Waals surface area contributed by atoms with Gasteiger partial charge in [0.2, 0.25) is 0 Å². The van der Waals surface area contributed by atoms with Crippen LogP contribution in [-0.2, 0) is 11.4 Å². The normalized spacial score (nSPS) is 10.8. The first-order valence-electron chi connectivity index (χ1n) is 9.73. The molecule has 0 unspecified atom stereocenters. The van der Waals surface area contributed by atoms with Gasteiger partial charge < -0.3 is 14.8 Å². The molecule has 0 bridgehead atoms. The molecule has 3 aromatic carbocycles. The Morgan fingerprint density at radius 2 is 1.88 bits per heavy atom. The van der Waals surface area contributed by atoms with Crippen LogP contribution in [0.25, 0.3) is 6.08 Å². The molecular formula is C24H17Cl2N3O5. The minimum absolute atomic E-state index is 0.0686. The molecule has 0 heterocycles. The van der Waals surface area contributed by atoms with Crippen molar-refractivity contribution < 1.29 is 19.2 Å². The Morgan fingerprint density at radius 3 is 2.50 bits per heavy atom. The quantitative estimate of drug-likeness (QED) is 0.175. The van der Waals surface area contributed by atoms with E-state index in [9.17, 15) is 20.2 Å². The van der Waals surface area contributed by atoms with Crippen molar-refractivity contribution in [2.45, 2.75) is 6.61 Å². The maximum Gasteiger partial charge on any atom is 0.296 e. The van der Waals surface area contributed by atoms with Gasteiger partial charge in [-0.1, -0.05) is 41.4 Å². The average Bonchev–Trinajstić information content (AvgIpc) is 2.83. The number of rotatable bonds is 8. The number of nitro benzene ring substituents is 1. The number of anilines is 1. The number of halogens is 2. The predicted molar refractivity (Wildman–Crippen MR) is 129 cm³/mol. The summed E-state index contributed by atoms with van der Waals surface area (Å²) in [5.41, 5.74) is 0.674. The molecule has 0 aliphatic carbocycles. The number of hydrogen-bond donors (Lipinski definition) is 1. The second-order valence-electron chi connectivity index (χ2n) is 6.87. The Balaban J connectivity index is 1.75. The lowest BCUT2D eigenvalue weighted by Crippen LogP contribution is -2.14. The number of nitro groups is 1. The number of ether oxygens (including phenoxy) is 2. The van der Waals surface area contributed by atoms with Crippen LogP contribution in [-0.4, -0.2) is 17.9 Å². The van der Waals surface area contributed by atoms with Gasteiger partial charge in [0.15, 0.2) is 0 Å². The summed E-state index contributed by atoms with van der Waals surface area (Å²) in [5, 5.41) is 24.1. The van der Waals surface area contributed by atoms with Gasteiger partial charge in [-0.3, -0.25) is 14.9 Å². The van der Waals surface area contributed by atoms with E-state index >= 15 is 0 Å². The molecule has 0 spiro atoms. The number of methoxy groups -OCH3 is 1. The van der Waals surface area contributed by atoms with E-state index in [0.29, 0.717) is 16.3 Å². The maximum absolute atomic E-state index is 12.6. The first kappa shape index (κ1) is 24.6. The molecule has 8 nitrogen and oxygen atoms in total. The van der Waals surface area contributed by atoms with Gasteiger partial charge in [0, 0.05) is 5.02 Å². The molecule has 1 amide bonds. The van der Waals surface area contributed by atoms with E-state index in [2.05, 4.69) is 5.32 Å². The van der Waals surface area contributed by atoms with Crippen LogP contribution in [0.1, 0.15) is 11.1 Å². The molecule has 0 saturated carbocycles. The molecule has 10 heteroatoms. The summed E-state index contributed by atoms with van der Waals surface area (Å²) in [6, 6.07) is 17.7. The van der Waals surface area contributed by atoms with E-state index in [1.54, 1.807) is 36.4 Å². The van der Waals surface area contributed by atoms with Crippen LogP contribution in [0.5, 0.6) is 11.5 Å². The molecule has 172 valence electrons. The van der Waals surface area contributed by atoms with Crippen molar-refractivity contribution in [3.8, 4) is 17.6 Å². The summed E-state index contributed by atoms with van der Waals surface area (Å²) in [6.45, 7) is 0.276. The second-order valence-corrected chi connectivity index (χ2v) is 7.71. The zero-order valence-electron chi connectivity index (χ0n) is 17.7. The third kappa shape index (κ3) is 6.25. The van der Waals surface area contributed by atoms with Crippen molar-refractivity contribution in [3.05, 3.63) is 97.5 Å². The van der Waals surface area contributed by atoms with E-state index in [1.807, 2.05) is 12.1 Å². The first-order chi connectivity index (χ1) is 16.3. The lowest BCUT2D eigenvalue weighted by Gasteiger charge is -2.09. The highest BCUT2D eigenvalue weighted by Gasteiger charge is 2.19. The lowest BCUT2D eigenvalue weighted by molar-refractivity contribution is -0.384. The molecule has 0 fully saturated rings. The van der Waals surface area contributed by atoms with Gasteiger partial charge in [-0.25, -0.2) is 0 Å². The zero-order chi connectivity index (χ0) is 24.7. The highest BCUT2D eigenvalue weighted by atomic mass is 35.5. The largest absolute Gasteiger partial charge is 0.496 e. The van der Waals surface area contributed by atoms with E-state index in [-0.39, 0.29) is 34.3 Å². The molecule has 0 radical (unpaired) electrons. The van der Waals surface area contributed by atoms with Gasteiger partial charge in [0.1, 0.15) is 35.4 Å². The zero-order valence-corrected chi connectivity index (χ0v) is 19.3. The van der Waals surface area contributed by atoms with E-state index in [4.69, 9.17) is 32.7 Å². The Labute approximate surface area is 205 Å². The van der Waals surface area contributed by atoms with E-state index in [0.717, 1.165) is 5.56 Å². The van der Waals surface area contributed by atoms with Gasteiger partial charge in [-0.05, 0) is 53.6 Å². The summed E-state index contributed by atoms with van der Waals surface area (Å²) in [5.74, 6) is -0.130. The van der Waals surface area contributed by atoms with Crippen molar-refractivity contribution in [1.29, 1.82) is 5.26 Å². The molecular weight excluding hydrogens is 481 g/mol. The molecule has 0 aliphatic rings. The van der Waals surface area contributed by atoms with Crippen molar-refractivity contribution >= 4 is 46.6 Å². The van der Waals surface area contributed by atoms with Crippen LogP contribution in [0.15, 0.2) is 66.2 Å². The van der Waals surface area contributed by atoms with E-state index in [1.165, 1.54) is 31.4 Å². The van der Waals surface area contributed by atoms with Crippen molar-refractivity contribution in [2.24, 2.45) is 0 Å². The van der Waals surface area contributed by atoms with Crippen LogP contribution in [0, 0.1) is 21.4 Å². The van der Waals surface area contributed by atoms with Gasteiger partial charge >= 0.3 is 0 Å². The Hall–Kier alpha value is -4.06. The van der Waals surface area contributed by atoms with Crippen LogP contribution in [0.3, 0.4) is 0 Å².